The molecule has 0 fully saturated rings. The quantitative estimate of drug-likeness (QED) is 0.139. The Morgan fingerprint density at radius 1 is 0.923 bits per heavy atom. The van der Waals surface area contributed by atoms with Crippen molar-refractivity contribution in [3.05, 3.63) is 36.5 Å². The predicted molar refractivity (Wildman–Crippen MR) is 115 cm³/mol. The summed E-state index contributed by atoms with van der Waals surface area (Å²) in [7, 11) is -0.118. The molecule has 1 atom stereocenters. The number of esters is 1. The summed E-state index contributed by atoms with van der Waals surface area (Å²) in [6.45, 7) is 8.92. The highest BCUT2D eigenvalue weighted by Crippen LogP contribution is 2.11. The van der Waals surface area contributed by atoms with Crippen LogP contribution in [0, 0.1) is 0 Å². The Morgan fingerprint density at radius 3 is 2.23 bits per heavy atom. The lowest BCUT2D eigenvalue weighted by Gasteiger charge is -2.22. The summed E-state index contributed by atoms with van der Waals surface area (Å²) in [6.07, 6.45) is 22.6. The summed E-state index contributed by atoms with van der Waals surface area (Å²) in [5.74, 6) is -0.117. The van der Waals surface area contributed by atoms with Gasteiger partial charge in [0.2, 0.25) is 0 Å². The molecule has 0 aromatic heterocycles. The molecule has 0 N–H and O–H groups in total. The van der Waals surface area contributed by atoms with Gasteiger partial charge in [0.25, 0.3) is 0 Å². The normalized spacial score (nSPS) is 13.9. The molecule has 0 unspecified atom stereocenters. The van der Waals surface area contributed by atoms with E-state index in [4.69, 9.17) is 4.43 Å². The highest BCUT2D eigenvalue weighted by atomic mass is 28.4. The zero-order valence-electron chi connectivity index (χ0n) is 17.6. The molecule has 0 saturated heterocycles. The largest absolute Gasteiger partial charge is 0.469 e. The van der Waals surface area contributed by atoms with Crippen LogP contribution in [0.15, 0.2) is 36.5 Å². The summed E-state index contributed by atoms with van der Waals surface area (Å²) in [5.41, 5.74) is 0. The van der Waals surface area contributed by atoms with Crippen molar-refractivity contribution in [2.75, 3.05) is 7.11 Å². The fraction of sp³-hybridized carbons (Fsp3) is 0.682. The van der Waals surface area contributed by atoms with Crippen LogP contribution in [-0.4, -0.2) is 27.5 Å². The van der Waals surface area contributed by atoms with E-state index < -0.39 is 8.32 Å². The summed E-state index contributed by atoms with van der Waals surface area (Å²) in [6, 6.07) is 0. The molecule has 0 aromatic rings. The van der Waals surface area contributed by atoms with Crippen LogP contribution in [0.5, 0.6) is 0 Å². The van der Waals surface area contributed by atoms with Crippen LogP contribution in [0.2, 0.25) is 19.6 Å². The third-order valence-electron chi connectivity index (χ3n) is 3.78. The first-order valence-corrected chi connectivity index (χ1v) is 13.5. The molecule has 0 saturated carbocycles. The van der Waals surface area contributed by atoms with E-state index in [9.17, 15) is 4.79 Å². The number of rotatable bonds is 15. The lowest BCUT2D eigenvalue weighted by molar-refractivity contribution is -0.140. The number of ether oxygens (including phenoxy) is 1. The monoisotopic (exact) mass is 382 g/mol. The Kier molecular flexibility index (Phi) is 15.4. The van der Waals surface area contributed by atoms with E-state index in [2.05, 4.69) is 67.8 Å². The standard InChI is InChI=1S/C22H40O3Si/c1-6-7-8-12-15-18-21(25-26(3,4)5)19-16-13-10-9-11-14-17-20-22(23)24-2/h9-10,15-16,18-19,21H,6-8,11-14,17,20H2,1-5H3/b10-9-,18-15-,19-16-/t21-/m1/s1/i22+2. The van der Waals surface area contributed by atoms with E-state index in [1.165, 1.54) is 26.4 Å². The zero-order chi connectivity index (χ0) is 19.7. The van der Waals surface area contributed by atoms with Crippen LogP contribution in [0.1, 0.15) is 64.7 Å². The van der Waals surface area contributed by atoms with Gasteiger partial charge < -0.3 is 9.16 Å². The summed E-state index contributed by atoms with van der Waals surface area (Å²) < 4.78 is 10.9. The Morgan fingerprint density at radius 2 is 1.58 bits per heavy atom. The Bertz CT molecular complexity index is 433. The number of hydrogen-bond acceptors (Lipinski definition) is 3. The number of carbonyl (C=O) groups excluding carboxylic acids is 1. The van der Waals surface area contributed by atoms with Gasteiger partial charge >= 0.3 is 5.97 Å². The fourth-order valence-corrected chi connectivity index (χ4v) is 3.41. The predicted octanol–water partition coefficient (Wildman–Crippen LogP) is 6.58. The van der Waals surface area contributed by atoms with Gasteiger partial charge in [-0.3, -0.25) is 4.79 Å². The molecular weight excluding hydrogens is 342 g/mol. The Hall–Kier alpha value is -1.13. The van der Waals surface area contributed by atoms with Gasteiger partial charge in [0.15, 0.2) is 8.32 Å². The van der Waals surface area contributed by atoms with Crippen molar-refractivity contribution in [2.24, 2.45) is 0 Å². The number of unbranched alkanes of at least 4 members (excludes halogenated alkanes) is 5. The van der Waals surface area contributed by atoms with Crippen LogP contribution in [0.3, 0.4) is 0 Å². The first-order chi connectivity index (χ1) is 12.4. The van der Waals surface area contributed by atoms with Crippen molar-refractivity contribution >= 4 is 14.3 Å². The zero-order valence-corrected chi connectivity index (χ0v) is 18.6. The third-order valence-corrected chi connectivity index (χ3v) is 4.76. The molecule has 0 aliphatic carbocycles. The molecule has 26 heavy (non-hydrogen) atoms. The summed E-state index contributed by atoms with van der Waals surface area (Å²) in [5, 5.41) is 0. The lowest BCUT2D eigenvalue weighted by atomic mass is 10.1. The van der Waals surface area contributed by atoms with Gasteiger partial charge in [-0.15, -0.1) is 0 Å². The first kappa shape index (κ1) is 24.9. The van der Waals surface area contributed by atoms with Crippen molar-refractivity contribution in [2.45, 2.75) is 90.5 Å². The maximum absolute atomic E-state index is 11.0. The van der Waals surface area contributed by atoms with Gasteiger partial charge in [0.05, 0.1) is 13.2 Å². The maximum Gasteiger partial charge on any atom is 0.305 e. The van der Waals surface area contributed by atoms with Crippen LogP contribution in [0.4, 0.5) is 0 Å². The topological polar surface area (TPSA) is 35.5 Å². The molecule has 0 radical (unpaired) electrons. The molecular formula is C22H40O3Si. The first-order valence-electron chi connectivity index (χ1n) is 10.1. The second-order valence-corrected chi connectivity index (χ2v) is 12.0. The van der Waals surface area contributed by atoms with Crippen molar-refractivity contribution in [1.82, 2.24) is 0 Å². The molecule has 150 valence electrons. The average Bonchev–Trinajstić information content (AvgIpc) is 2.58. The van der Waals surface area contributed by atoms with Crippen LogP contribution in [0.25, 0.3) is 0 Å². The second kappa shape index (κ2) is 16.1. The molecule has 0 aliphatic rings. The van der Waals surface area contributed by atoms with Crippen molar-refractivity contribution in [3.8, 4) is 0 Å². The van der Waals surface area contributed by atoms with E-state index in [1.54, 1.807) is 0 Å². The molecule has 0 aliphatic heterocycles. The molecule has 3 nitrogen and oxygen atoms in total. The highest BCUT2D eigenvalue weighted by Gasteiger charge is 2.17. The average molecular weight is 383 g/mol. The maximum atomic E-state index is 11.0. The molecule has 0 aromatic carbocycles. The van der Waals surface area contributed by atoms with Gasteiger partial charge in [0, 0.05) is 6.42 Å². The lowest BCUT2D eigenvalue weighted by Crippen LogP contribution is -2.30. The van der Waals surface area contributed by atoms with E-state index in [-0.39, 0.29) is 12.1 Å². The van der Waals surface area contributed by atoms with Gasteiger partial charge in [-0.25, -0.2) is 0 Å². The van der Waals surface area contributed by atoms with Gasteiger partial charge in [0.1, 0.15) is 0 Å². The smallest absolute Gasteiger partial charge is 0.305 e. The third kappa shape index (κ3) is 17.7. The number of carbonyl (C=O) groups is 1. The van der Waals surface area contributed by atoms with Gasteiger partial charge in [-0.2, -0.15) is 0 Å². The van der Waals surface area contributed by atoms with E-state index in [0.717, 1.165) is 32.1 Å². The fourth-order valence-electron chi connectivity index (χ4n) is 2.43. The van der Waals surface area contributed by atoms with E-state index in [1.807, 2.05) is 0 Å². The summed E-state index contributed by atoms with van der Waals surface area (Å²) in [4.78, 5) is 11.0. The number of allylic oxidation sites excluding steroid dienone is 4. The molecule has 4 heteroatoms. The van der Waals surface area contributed by atoms with Crippen molar-refractivity contribution in [3.63, 3.8) is 0 Å². The minimum atomic E-state index is -1.56. The minimum absolute atomic E-state index is 0.0942. The van der Waals surface area contributed by atoms with Crippen LogP contribution < -0.4 is 0 Å². The van der Waals surface area contributed by atoms with Crippen LogP contribution >= 0.6 is 0 Å². The number of hydrogen-bond donors (Lipinski definition) is 0. The van der Waals surface area contributed by atoms with Crippen molar-refractivity contribution < 1.29 is 14.0 Å². The van der Waals surface area contributed by atoms with Gasteiger partial charge in [-0.05, 0) is 58.2 Å². The van der Waals surface area contributed by atoms with Gasteiger partial charge in [-0.1, -0.05) is 56.2 Å². The minimum Gasteiger partial charge on any atom is -0.469 e. The Labute approximate surface area is 162 Å². The van der Waals surface area contributed by atoms with E-state index in [0.29, 0.717) is 6.42 Å². The molecule has 0 spiro atoms. The van der Waals surface area contributed by atoms with E-state index >= 15 is 0 Å². The molecule has 0 heterocycles. The highest BCUT2D eigenvalue weighted by molar-refractivity contribution is 6.69. The number of methoxy groups -OCH3 is 1. The molecule has 0 amide bonds. The van der Waals surface area contributed by atoms with Crippen molar-refractivity contribution in [1.29, 1.82) is 0 Å². The molecule has 0 bridgehead atoms. The Balaban J connectivity index is 4.14. The SMILES string of the molecule is CCCCC/C=C\[C@H](/C=C\C/C=C\CCCC[14C](=O)OC)O[Si](C)(C)C. The summed E-state index contributed by atoms with van der Waals surface area (Å²) >= 11 is 0. The second-order valence-electron chi connectivity index (χ2n) is 7.58. The van der Waals surface area contributed by atoms with Crippen LogP contribution in [-0.2, 0) is 14.0 Å². The molecule has 0 rings (SSSR count).